The molecule has 0 unspecified atom stereocenters. The maximum Gasteiger partial charge on any atom is 0.0991 e. The minimum atomic E-state index is 0.245. The Kier molecular flexibility index (Phi) is 4.91. The normalized spacial score (nSPS) is 9.79. The molecule has 0 bridgehead atoms. The van der Waals surface area contributed by atoms with Crippen LogP contribution in [0.2, 0.25) is 0 Å². The van der Waals surface area contributed by atoms with E-state index in [1.807, 2.05) is 18.2 Å². The van der Waals surface area contributed by atoms with Gasteiger partial charge in [-0.25, -0.2) is 0 Å². The molecule has 0 spiro atoms. The Morgan fingerprint density at radius 1 is 1.36 bits per heavy atom. The smallest absolute Gasteiger partial charge is 0.0991 e. The SMILES string of the molecule is N#Cc1ccc(I)c(CCCCO)c1. The summed E-state index contributed by atoms with van der Waals surface area (Å²) in [6.07, 6.45) is 2.74. The summed E-state index contributed by atoms with van der Waals surface area (Å²) in [5.74, 6) is 0. The molecular weight excluding hydrogens is 289 g/mol. The van der Waals surface area contributed by atoms with Crippen LogP contribution >= 0.6 is 22.6 Å². The van der Waals surface area contributed by atoms with Gasteiger partial charge in [-0.05, 0) is 65.6 Å². The Morgan fingerprint density at radius 3 is 2.79 bits per heavy atom. The molecule has 0 aliphatic rings. The monoisotopic (exact) mass is 301 g/mol. The van der Waals surface area contributed by atoms with Gasteiger partial charge in [0.15, 0.2) is 0 Å². The molecule has 0 saturated heterocycles. The number of aliphatic hydroxyl groups is 1. The number of aliphatic hydroxyl groups excluding tert-OH is 1. The third-order valence-corrected chi connectivity index (χ3v) is 3.08. The molecule has 1 aromatic carbocycles. The number of nitriles is 1. The first-order valence-electron chi connectivity index (χ1n) is 4.57. The van der Waals surface area contributed by atoms with Crippen molar-refractivity contribution in [2.24, 2.45) is 0 Å². The number of halogens is 1. The van der Waals surface area contributed by atoms with Gasteiger partial charge in [0, 0.05) is 10.2 Å². The maximum atomic E-state index is 8.73. The highest BCUT2D eigenvalue weighted by Gasteiger charge is 2.01. The van der Waals surface area contributed by atoms with Crippen LogP contribution in [-0.4, -0.2) is 11.7 Å². The molecule has 14 heavy (non-hydrogen) atoms. The third kappa shape index (κ3) is 3.28. The van der Waals surface area contributed by atoms with E-state index in [0.717, 1.165) is 19.3 Å². The second kappa shape index (κ2) is 5.99. The first-order valence-corrected chi connectivity index (χ1v) is 5.65. The number of nitrogens with zero attached hydrogens (tertiary/aromatic N) is 1. The van der Waals surface area contributed by atoms with Crippen molar-refractivity contribution in [3.8, 4) is 6.07 Å². The van der Waals surface area contributed by atoms with Crippen LogP contribution < -0.4 is 0 Å². The predicted molar refractivity (Wildman–Crippen MR) is 63.9 cm³/mol. The van der Waals surface area contributed by atoms with Gasteiger partial charge < -0.3 is 5.11 Å². The largest absolute Gasteiger partial charge is 0.396 e. The zero-order chi connectivity index (χ0) is 10.4. The molecule has 74 valence electrons. The highest BCUT2D eigenvalue weighted by Crippen LogP contribution is 2.16. The molecule has 0 aliphatic carbocycles. The molecule has 1 aromatic rings. The molecule has 0 amide bonds. The molecule has 2 nitrogen and oxygen atoms in total. The standard InChI is InChI=1S/C11H12INO/c12-11-5-4-9(8-13)7-10(11)3-1-2-6-14/h4-5,7,14H,1-3,6H2. The number of benzene rings is 1. The number of aryl methyl sites for hydroxylation is 1. The number of hydrogen-bond acceptors (Lipinski definition) is 2. The van der Waals surface area contributed by atoms with Crippen molar-refractivity contribution in [3.63, 3.8) is 0 Å². The second-order valence-corrected chi connectivity index (χ2v) is 4.26. The van der Waals surface area contributed by atoms with Gasteiger partial charge in [-0.2, -0.15) is 5.26 Å². The average molecular weight is 301 g/mol. The fourth-order valence-corrected chi connectivity index (χ4v) is 1.87. The van der Waals surface area contributed by atoms with Crippen molar-refractivity contribution in [2.45, 2.75) is 19.3 Å². The lowest BCUT2D eigenvalue weighted by atomic mass is 10.1. The average Bonchev–Trinajstić information content (AvgIpc) is 2.21. The minimum Gasteiger partial charge on any atom is -0.396 e. The van der Waals surface area contributed by atoms with E-state index < -0.39 is 0 Å². The number of unbranched alkanes of at least 4 members (excludes halogenated alkanes) is 1. The van der Waals surface area contributed by atoms with Crippen LogP contribution in [0, 0.1) is 14.9 Å². The van der Waals surface area contributed by atoms with Crippen molar-refractivity contribution in [1.29, 1.82) is 5.26 Å². The van der Waals surface area contributed by atoms with E-state index in [1.54, 1.807) is 0 Å². The first-order chi connectivity index (χ1) is 6.77. The molecular formula is C11H12INO. The Morgan fingerprint density at radius 2 is 2.14 bits per heavy atom. The van der Waals surface area contributed by atoms with Crippen molar-refractivity contribution >= 4 is 22.6 Å². The molecule has 0 aromatic heterocycles. The van der Waals surface area contributed by atoms with Gasteiger partial charge in [-0.3, -0.25) is 0 Å². The highest BCUT2D eigenvalue weighted by molar-refractivity contribution is 14.1. The fourth-order valence-electron chi connectivity index (χ4n) is 1.26. The van der Waals surface area contributed by atoms with Crippen molar-refractivity contribution in [3.05, 3.63) is 32.9 Å². The molecule has 0 saturated carbocycles. The van der Waals surface area contributed by atoms with Crippen LogP contribution in [0.1, 0.15) is 24.0 Å². The van der Waals surface area contributed by atoms with Gasteiger partial charge in [0.1, 0.15) is 0 Å². The van der Waals surface area contributed by atoms with Gasteiger partial charge in [0.25, 0.3) is 0 Å². The molecule has 0 heterocycles. The lowest BCUT2D eigenvalue weighted by Gasteiger charge is -2.03. The lowest BCUT2D eigenvalue weighted by molar-refractivity contribution is 0.284. The van der Waals surface area contributed by atoms with Gasteiger partial charge in [0.05, 0.1) is 11.6 Å². The Labute approximate surface area is 97.7 Å². The quantitative estimate of drug-likeness (QED) is 0.686. The van der Waals surface area contributed by atoms with E-state index in [1.165, 1.54) is 9.13 Å². The molecule has 1 N–H and O–H groups in total. The molecule has 0 aliphatic heterocycles. The van der Waals surface area contributed by atoms with Gasteiger partial charge in [-0.1, -0.05) is 0 Å². The summed E-state index contributed by atoms with van der Waals surface area (Å²) < 4.78 is 1.19. The van der Waals surface area contributed by atoms with Gasteiger partial charge >= 0.3 is 0 Å². The number of hydrogen-bond donors (Lipinski definition) is 1. The zero-order valence-electron chi connectivity index (χ0n) is 7.83. The molecule has 0 fully saturated rings. The van der Waals surface area contributed by atoms with Crippen molar-refractivity contribution in [2.75, 3.05) is 6.61 Å². The van der Waals surface area contributed by atoms with Gasteiger partial charge in [0.2, 0.25) is 0 Å². The summed E-state index contributed by atoms with van der Waals surface area (Å²) in [6.45, 7) is 0.245. The summed E-state index contributed by atoms with van der Waals surface area (Å²) in [7, 11) is 0. The molecule has 3 heteroatoms. The Hall–Kier alpha value is -0.600. The van der Waals surface area contributed by atoms with Crippen LogP contribution in [0.3, 0.4) is 0 Å². The van der Waals surface area contributed by atoms with Crippen LogP contribution in [0.4, 0.5) is 0 Å². The Balaban J connectivity index is 2.70. The second-order valence-electron chi connectivity index (χ2n) is 3.10. The summed E-state index contributed by atoms with van der Waals surface area (Å²) >= 11 is 2.27. The highest BCUT2D eigenvalue weighted by atomic mass is 127. The summed E-state index contributed by atoms with van der Waals surface area (Å²) in [6, 6.07) is 7.86. The topological polar surface area (TPSA) is 44.0 Å². The van der Waals surface area contributed by atoms with E-state index in [0.29, 0.717) is 5.56 Å². The molecule has 0 atom stereocenters. The first kappa shape index (κ1) is 11.5. The summed E-state index contributed by atoms with van der Waals surface area (Å²) in [5.41, 5.74) is 1.92. The van der Waals surface area contributed by atoms with E-state index >= 15 is 0 Å². The van der Waals surface area contributed by atoms with E-state index in [9.17, 15) is 0 Å². The summed E-state index contributed by atoms with van der Waals surface area (Å²) in [5, 5.41) is 17.4. The summed E-state index contributed by atoms with van der Waals surface area (Å²) in [4.78, 5) is 0. The zero-order valence-corrected chi connectivity index (χ0v) is 9.99. The minimum absolute atomic E-state index is 0.245. The Bertz CT molecular complexity index is 344. The van der Waals surface area contributed by atoms with Crippen LogP contribution in [0.5, 0.6) is 0 Å². The predicted octanol–water partition coefficient (Wildman–Crippen LogP) is 2.48. The van der Waals surface area contributed by atoms with E-state index in [2.05, 4.69) is 28.7 Å². The van der Waals surface area contributed by atoms with Crippen molar-refractivity contribution in [1.82, 2.24) is 0 Å². The fraction of sp³-hybridized carbons (Fsp3) is 0.364. The third-order valence-electron chi connectivity index (χ3n) is 2.03. The van der Waals surface area contributed by atoms with Crippen LogP contribution in [0.15, 0.2) is 18.2 Å². The lowest BCUT2D eigenvalue weighted by Crippen LogP contribution is -1.92. The van der Waals surface area contributed by atoms with E-state index in [4.69, 9.17) is 10.4 Å². The number of rotatable bonds is 4. The molecule has 0 radical (unpaired) electrons. The van der Waals surface area contributed by atoms with Crippen molar-refractivity contribution < 1.29 is 5.11 Å². The van der Waals surface area contributed by atoms with Crippen LogP contribution in [0.25, 0.3) is 0 Å². The van der Waals surface area contributed by atoms with Gasteiger partial charge in [-0.15, -0.1) is 0 Å². The molecule has 1 rings (SSSR count). The maximum absolute atomic E-state index is 8.73. The van der Waals surface area contributed by atoms with Crippen LogP contribution in [-0.2, 0) is 6.42 Å². The van der Waals surface area contributed by atoms with E-state index in [-0.39, 0.29) is 6.61 Å².